The molecule has 2 aromatic carbocycles. The molecule has 1 aliphatic carbocycles. The number of rotatable bonds is 3. The van der Waals surface area contributed by atoms with Gasteiger partial charge in [-0.25, -0.2) is 0 Å². The van der Waals surface area contributed by atoms with Gasteiger partial charge in [0.1, 0.15) is 0 Å². The molecule has 2 aromatic rings. The van der Waals surface area contributed by atoms with E-state index in [-0.39, 0.29) is 6.04 Å². The van der Waals surface area contributed by atoms with E-state index < -0.39 is 0 Å². The minimum Gasteiger partial charge on any atom is -0.327 e. The first kappa shape index (κ1) is 12.7. The van der Waals surface area contributed by atoms with Gasteiger partial charge in [0, 0.05) is 11.1 Å². The van der Waals surface area contributed by atoms with Crippen molar-refractivity contribution < 1.29 is 0 Å². The highest BCUT2D eigenvalue weighted by atomic mass is 35.5. The van der Waals surface area contributed by atoms with Crippen LogP contribution < -0.4 is 5.73 Å². The Kier molecular flexibility index (Phi) is 3.58. The van der Waals surface area contributed by atoms with Gasteiger partial charge >= 0.3 is 0 Å². The number of halogens is 1. The zero-order valence-electron chi connectivity index (χ0n) is 10.9. The minimum absolute atomic E-state index is 0.200. The van der Waals surface area contributed by atoms with Crippen molar-refractivity contribution in [2.24, 2.45) is 11.7 Å². The highest BCUT2D eigenvalue weighted by Gasteiger charge is 2.26. The van der Waals surface area contributed by atoms with Crippen molar-refractivity contribution in [3.05, 3.63) is 70.2 Å². The molecule has 0 saturated carbocycles. The van der Waals surface area contributed by atoms with Gasteiger partial charge in [0.2, 0.25) is 0 Å². The zero-order valence-corrected chi connectivity index (χ0v) is 11.6. The first-order valence-electron chi connectivity index (χ1n) is 6.79. The van der Waals surface area contributed by atoms with Crippen LogP contribution in [0.2, 0.25) is 5.02 Å². The van der Waals surface area contributed by atoms with E-state index in [1.807, 2.05) is 18.2 Å². The lowest BCUT2D eigenvalue weighted by atomic mass is 9.92. The maximum absolute atomic E-state index is 6.40. The monoisotopic (exact) mass is 271 g/mol. The van der Waals surface area contributed by atoms with Gasteiger partial charge in [0.05, 0.1) is 0 Å². The van der Waals surface area contributed by atoms with Crippen molar-refractivity contribution in [2.75, 3.05) is 0 Å². The molecule has 3 rings (SSSR count). The van der Waals surface area contributed by atoms with Gasteiger partial charge in [-0.05, 0) is 54.0 Å². The summed E-state index contributed by atoms with van der Waals surface area (Å²) in [4.78, 5) is 0. The van der Waals surface area contributed by atoms with E-state index in [2.05, 4.69) is 30.3 Å². The zero-order chi connectivity index (χ0) is 13.2. The second-order valence-electron chi connectivity index (χ2n) is 5.43. The summed E-state index contributed by atoms with van der Waals surface area (Å²) in [7, 11) is 0. The SMILES string of the molecule is NC(Cc1cccc(Cl)c1)C1Cc2ccccc2C1. The molecular formula is C17H18ClN. The van der Waals surface area contributed by atoms with Crippen LogP contribution in [0.4, 0.5) is 0 Å². The van der Waals surface area contributed by atoms with Crippen LogP contribution in [0.25, 0.3) is 0 Å². The third-order valence-corrected chi connectivity index (χ3v) is 4.28. The minimum atomic E-state index is 0.200. The molecule has 0 heterocycles. The summed E-state index contributed by atoms with van der Waals surface area (Å²) in [5, 5.41) is 0.791. The Bertz CT molecular complexity index is 554. The van der Waals surface area contributed by atoms with Gasteiger partial charge < -0.3 is 5.73 Å². The lowest BCUT2D eigenvalue weighted by molar-refractivity contribution is 0.437. The molecule has 0 fully saturated rings. The molecule has 0 spiro atoms. The molecule has 98 valence electrons. The molecule has 0 amide bonds. The van der Waals surface area contributed by atoms with Gasteiger partial charge in [0.25, 0.3) is 0 Å². The Morgan fingerprint density at radius 3 is 2.37 bits per heavy atom. The topological polar surface area (TPSA) is 26.0 Å². The van der Waals surface area contributed by atoms with E-state index in [0.29, 0.717) is 5.92 Å². The van der Waals surface area contributed by atoms with E-state index in [0.717, 1.165) is 24.3 Å². The van der Waals surface area contributed by atoms with Crippen molar-refractivity contribution in [1.82, 2.24) is 0 Å². The molecule has 2 N–H and O–H groups in total. The summed E-state index contributed by atoms with van der Waals surface area (Å²) in [6.07, 6.45) is 3.12. The highest BCUT2D eigenvalue weighted by molar-refractivity contribution is 6.30. The summed E-state index contributed by atoms with van der Waals surface area (Å²) in [6, 6.07) is 16.9. The Balaban J connectivity index is 1.68. The molecule has 0 aromatic heterocycles. The predicted molar refractivity (Wildman–Crippen MR) is 80.5 cm³/mol. The van der Waals surface area contributed by atoms with Gasteiger partial charge in [0.15, 0.2) is 0 Å². The largest absolute Gasteiger partial charge is 0.327 e. The maximum Gasteiger partial charge on any atom is 0.0408 e. The number of nitrogens with two attached hydrogens (primary N) is 1. The number of hydrogen-bond acceptors (Lipinski definition) is 1. The average molecular weight is 272 g/mol. The van der Waals surface area contributed by atoms with Crippen LogP contribution in [0.1, 0.15) is 16.7 Å². The Morgan fingerprint density at radius 1 is 1.05 bits per heavy atom. The fraction of sp³-hybridized carbons (Fsp3) is 0.294. The third-order valence-electron chi connectivity index (χ3n) is 4.05. The van der Waals surface area contributed by atoms with Crippen LogP contribution in [0, 0.1) is 5.92 Å². The number of fused-ring (bicyclic) bond motifs is 1. The van der Waals surface area contributed by atoms with Crippen LogP contribution in [-0.4, -0.2) is 6.04 Å². The van der Waals surface area contributed by atoms with Crippen molar-refractivity contribution in [3.63, 3.8) is 0 Å². The van der Waals surface area contributed by atoms with Crippen molar-refractivity contribution in [2.45, 2.75) is 25.3 Å². The molecule has 0 aliphatic heterocycles. The molecule has 0 saturated heterocycles. The van der Waals surface area contributed by atoms with Gasteiger partial charge in [-0.3, -0.25) is 0 Å². The quantitative estimate of drug-likeness (QED) is 0.907. The van der Waals surface area contributed by atoms with E-state index in [4.69, 9.17) is 17.3 Å². The maximum atomic E-state index is 6.40. The summed E-state index contributed by atoms with van der Waals surface area (Å²) in [5.74, 6) is 0.552. The Labute approximate surface area is 119 Å². The lowest BCUT2D eigenvalue weighted by Crippen LogP contribution is -2.32. The van der Waals surface area contributed by atoms with Crippen molar-refractivity contribution in [1.29, 1.82) is 0 Å². The average Bonchev–Trinajstić information content (AvgIpc) is 2.82. The normalized spacial score (nSPS) is 16.3. The smallest absolute Gasteiger partial charge is 0.0408 e. The second-order valence-corrected chi connectivity index (χ2v) is 5.87. The summed E-state index contributed by atoms with van der Waals surface area (Å²) >= 11 is 6.02. The van der Waals surface area contributed by atoms with Crippen molar-refractivity contribution >= 4 is 11.6 Å². The molecule has 0 radical (unpaired) electrons. The fourth-order valence-corrected chi connectivity index (χ4v) is 3.21. The molecule has 1 aliphatic rings. The lowest BCUT2D eigenvalue weighted by Gasteiger charge is -2.19. The number of hydrogen-bond donors (Lipinski definition) is 1. The molecule has 1 unspecified atom stereocenters. The molecule has 0 bridgehead atoms. The van der Waals surface area contributed by atoms with E-state index >= 15 is 0 Å². The Morgan fingerprint density at radius 2 is 1.74 bits per heavy atom. The molecule has 2 heteroatoms. The standard InChI is InChI=1S/C17H18ClN/c18-16-7-3-4-12(8-16)9-17(19)15-10-13-5-1-2-6-14(13)11-15/h1-8,15,17H,9-11,19H2. The summed E-state index contributed by atoms with van der Waals surface area (Å²) in [6.45, 7) is 0. The predicted octanol–water partition coefficient (Wildman–Crippen LogP) is 3.62. The molecule has 1 nitrogen and oxygen atoms in total. The molecule has 19 heavy (non-hydrogen) atoms. The molecular weight excluding hydrogens is 254 g/mol. The van der Waals surface area contributed by atoms with E-state index in [9.17, 15) is 0 Å². The van der Waals surface area contributed by atoms with Crippen LogP contribution >= 0.6 is 11.6 Å². The van der Waals surface area contributed by atoms with Gasteiger partial charge in [-0.15, -0.1) is 0 Å². The first-order chi connectivity index (χ1) is 9.22. The van der Waals surface area contributed by atoms with Crippen LogP contribution in [-0.2, 0) is 19.3 Å². The van der Waals surface area contributed by atoms with E-state index in [1.165, 1.54) is 16.7 Å². The summed E-state index contributed by atoms with van der Waals surface area (Å²) < 4.78 is 0. The third kappa shape index (κ3) is 2.83. The van der Waals surface area contributed by atoms with Gasteiger partial charge in [-0.2, -0.15) is 0 Å². The van der Waals surface area contributed by atoms with E-state index in [1.54, 1.807) is 0 Å². The highest BCUT2D eigenvalue weighted by Crippen LogP contribution is 2.29. The fourth-order valence-electron chi connectivity index (χ4n) is 3.00. The second kappa shape index (κ2) is 5.36. The number of benzene rings is 2. The summed E-state index contributed by atoms with van der Waals surface area (Å²) in [5.41, 5.74) is 10.6. The Hall–Kier alpha value is -1.31. The van der Waals surface area contributed by atoms with Gasteiger partial charge in [-0.1, -0.05) is 48.0 Å². The van der Waals surface area contributed by atoms with Crippen LogP contribution in [0.3, 0.4) is 0 Å². The van der Waals surface area contributed by atoms with Crippen molar-refractivity contribution in [3.8, 4) is 0 Å². The molecule has 1 atom stereocenters. The van der Waals surface area contributed by atoms with Crippen LogP contribution in [0.5, 0.6) is 0 Å². The van der Waals surface area contributed by atoms with Crippen LogP contribution in [0.15, 0.2) is 48.5 Å². The first-order valence-corrected chi connectivity index (χ1v) is 7.17.